The summed E-state index contributed by atoms with van der Waals surface area (Å²) in [6.45, 7) is 1.55. The summed E-state index contributed by atoms with van der Waals surface area (Å²) in [4.78, 5) is 0.0240. The van der Waals surface area contributed by atoms with E-state index in [1.165, 1.54) is 18.4 Å². The van der Waals surface area contributed by atoms with Crippen LogP contribution in [0.4, 0.5) is 5.69 Å². The highest BCUT2D eigenvalue weighted by Crippen LogP contribution is 2.37. The minimum atomic E-state index is -4.00. The van der Waals surface area contributed by atoms with Gasteiger partial charge in [-0.15, -0.1) is 0 Å². The highest BCUT2D eigenvalue weighted by atomic mass is 35.5. The largest absolute Gasteiger partial charge is 0.467 e. The first-order valence-corrected chi connectivity index (χ1v) is 13.2. The van der Waals surface area contributed by atoms with Gasteiger partial charge in [-0.3, -0.25) is 4.72 Å². The van der Waals surface area contributed by atoms with Crippen molar-refractivity contribution in [2.24, 2.45) is 5.10 Å². The molecule has 3 aromatic rings. The number of hydrazone groups is 1. The Bertz CT molecular complexity index is 1350. The van der Waals surface area contributed by atoms with Crippen molar-refractivity contribution in [2.45, 2.75) is 24.3 Å². The Morgan fingerprint density at radius 3 is 2.47 bits per heavy atom. The van der Waals surface area contributed by atoms with E-state index in [1.807, 2.05) is 0 Å². The monoisotopic (exact) mass is 493 g/mol. The third-order valence-corrected chi connectivity index (χ3v) is 8.18. The molecule has 1 aliphatic rings. The Labute approximate surface area is 191 Å². The van der Waals surface area contributed by atoms with Gasteiger partial charge in [0.05, 0.1) is 22.6 Å². The molecule has 11 heteroatoms. The molecule has 0 fully saturated rings. The lowest BCUT2D eigenvalue weighted by Crippen LogP contribution is -2.27. The Hall–Kier alpha value is -2.82. The van der Waals surface area contributed by atoms with Crippen LogP contribution in [0.25, 0.3) is 0 Å². The number of sulfonamides is 2. The first kappa shape index (κ1) is 22.4. The van der Waals surface area contributed by atoms with Crippen LogP contribution in [0, 0.1) is 0 Å². The smallest absolute Gasteiger partial charge is 0.279 e. The number of anilines is 1. The van der Waals surface area contributed by atoms with Gasteiger partial charge in [-0.25, -0.2) is 8.42 Å². The summed E-state index contributed by atoms with van der Waals surface area (Å²) >= 11 is 6.00. The SMILES string of the molecule is CCS(=O)(=O)Nc1ccc(C2=NN(S(=O)(=O)c3cccc(Cl)c3)C(c3ccco3)C2)cc1. The van der Waals surface area contributed by atoms with Gasteiger partial charge in [0.2, 0.25) is 10.0 Å². The van der Waals surface area contributed by atoms with E-state index in [0.717, 1.165) is 4.41 Å². The Morgan fingerprint density at radius 1 is 1.09 bits per heavy atom. The van der Waals surface area contributed by atoms with Crippen molar-refractivity contribution in [3.63, 3.8) is 0 Å². The van der Waals surface area contributed by atoms with Crippen molar-refractivity contribution in [1.29, 1.82) is 0 Å². The zero-order chi connectivity index (χ0) is 22.9. The van der Waals surface area contributed by atoms with Gasteiger partial charge in [0, 0.05) is 17.1 Å². The van der Waals surface area contributed by atoms with Crippen LogP contribution in [-0.2, 0) is 20.0 Å². The van der Waals surface area contributed by atoms with Crippen molar-refractivity contribution in [2.75, 3.05) is 10.5 Å². The fourth-order valence-electron chi connectivity index (χ4n) is 3.30. The van der Waals surface area contributed by atoms with Gasteiger partial charge in [-0.05, 0) is 55.0 Å². The van der Waals surface area contributed by atoms with Crippen molar-refractivity contribution >= 4 is 43.0 Å². The van der Waals surface area contributed by atoms with Crippen LogP contribution in [-0.4, -0.2) is 32.7 Å². The van der Waals surface area contributed by atoms with E-state index in [2.05, 4.69) is 9.82 Å². The highest BCUT2D eigenvalue weighted by molar-refractivity contribution is 7.92. The lowest BCUT2D eigenvalue weighted by molar-refractivity contribution is 0.320. The van der Waals surface area contributed by atoms with Gasteiger partial charge < -0.3 is 4.42 Å². The lowest BCUT2D eigenvalue weighted by Gasteiger charge is -2.21. The van der Waals surface area contributed by atoms with Gasteiger partial charge in [0.15, 0.2) is 0 Å². The Kier molecular flexibility index (Phi) is 6.02. The highest BCUT2D eigenvalue weighted by Gasteiger charge is 2.39. The number of nitrogens with zero attached hydrogens (tertiary/aromatic N) is 2. The van der Waals surface area contributed by atoms with Crippen LogP contribution in [0.5, 0.6) is 0 Å². The summed E-state index contributed by atoms with van der Waals surface area (Å²) in [5.41, 5.74) is 1.62. The molecular formula is C21H20ClN3O5S2. The number of rotatable bonds is 7. The topological polar surface area (TPSA) is 109 Å². The molecule has 0 bridgehead atoms. The predicted octanol–water partition coefficient (Wildman–Crippen LogP) is 4.23. The number of furan rings is 1. The molecule has 2 aromatic carbocycles. The molecule has 0 radical (unpaired) electrons. The predicted molar refractivity (Wildman–Crippen MR) is 123 cm³/mol. The summed E-state index contributed by atoms with van der Waals surface area (Å²) in [5, 5.41) is 4.71. The van der Waals surface area contributed by atoms with Crippen LogP contribution < -0.4 is 4.72 Å². The number of benzene rings is 2. The van der Waals surface area contributed by atoms with Crippen LogP contribution in [0.2, 0.25) is 5.02 Å². The third-order valence-electron chi connectivity index (χ3n) is 4.96. The maximum Gasteiger partial charge on any atom is 0.279 e. The quantitative estimate of drug-likeness (QED) is 0.529. The van der Waals surface area contributed by atoms with E-state index in [-0.39, 0.29) is 17.1 Å². The minimum Gasteiger partial charge on any atom is -0.467 e. The molecule has 168 valence electrons. The number of hydrogen-bond acceptors (Lipinski definition) is 6. The second-order valence-corrected chi connectivity index (χ2v) is 11.3. The molecular weight excluding hydrogens is 474 g/mol. The fourth-order valence-corrected chi connectivity index (χ4v) is 5.65. The Balaban J connectivity index is 1.70. The first-order valence-electron chi connectivity index (χ1n) is 9.71. The third kappa shape index (κ3) is 4.52. The maximum atomic E-state index is 13.4. The summed E-state index contributed by atoms with van der Waals surface area (Å²) < 4.78 is 59.3. The van der Waals surface area contributed by atoms with E-state index in [0.29, 0.717) is 27.7 Å². The van der Waals surface area contributed by atoms with E-state index >= 15 is 0 Å². The summed E-state index contributed by atoms with van der Waals surface area (Å²) in [6.07, 6.45) is 1.76. The van der Waals surface area contributed by atoms with Gasteiger partial charge in [0.1, 0.15) is 11.8 Å². The summed E-state index contributed by atoms with van der Waals surface area (Å²) in [7, 11) is -7.40. The lowest BCUT2D eigenvalue weighted by atomic mass is 10.0. The van der Waals surface area contributed by atoms with Crippen LogP contribution in [0.1, 0.15) is 30.7 Å². The van der Waals surface area contributed by atoms with Crippen molar-refractivity contribution in [3.8, 4) is 0 Å². The normalized spacial score (nSPS) is 16.8. The summed E-state index contributed by atoms with van der Waals surface area (Å²) in [6, 6.07) is 15.3. The van der Waals surface area contributed by atoms with Crippen molar-refractivity contribution < 1.29 is 21.3 Å². The molecule has 2 heterocycles. The summed E-state index contributed by atoms with van der Waals surface area (Å²) in [5.74, 6) is 0.421. The van der Waals surface area contributed by atoms with E-state index in [4.69, 9.17) is 16.0 Å². The molecule has 1 aliphatic heterocycles. The minimum absolute atomic E-state index is 0.0240. The number of halogens is 1. The van der Waals surface area contributed by atoms with E-state index in [1.54, 1.807) is 55.5 Å². The number of hydrogen-bond donors (Lipinski definition) is 1. The molecule has 0 aliphatic carbocycles. The maximum absolute atomic E-state index is 13.4. The van der Waals surface area contributed by atoms with Crippen molar-refractivity contribution in [3.05, 3.63) is 83.3 Å². The zero-order valence-electron chi connectivity index (χ0n) is 17.0. The van der Waals surface area contributed by atoms with Crippen LogP contribution >= 0.6 is 11.6 Å². The van der Waals surface area contributed by atoms with Gasteiger partial charge in [-0.1, -0.05) is 29.8 Å². The van der Waals surface area contributed by atoms with Gasteiger partial charge in [-0.2, -0.15) is 17.9 Å². The van der Waals surface area contributed by atoms with Crippen molar-refractivity contribution in [1.82, 2.24) is 4.41 Å². The molecule has 0 amide bonds. The molecule has 8 nitrogen and oxygen atoms in total. The van der Waals surface area contributed by atoms with Gasteiger partial charge in [0.25, 0.3) is 10.0 Å². The second kappa shape index (κ2) is 8.61. The number of nitrogens with one attached hydrogen (secondary N) is 1. The first-order chi connectivity index (χ1) is 15.2. The molecule has 0 saturated carbocycles. The van der Waals surface area contributed by atoms with Gasteiger partial charge >= 0.3 is 0 Å². The molecule has 0 spiro atoms. The van der Waals surface area contributed by atoms with Crippen LogP contribution in [0.15, 0.2) is 81.3 Å². The molecule has 1 unspecified atom stereocenters. The molecule has 32 heavy (non-hydrogen) atoms. The van der Waals surface area contributed by atoms with Crippen LogP contribution in [0.3, 0.4) is 0 Å². The molecule has 0 saturated heterocycles. The Morgan fingerprint density at radius 2 is 1.84 bits per heavy atom. The molecule has 4 rings (SSSR count). The van der Waals surface area contributed by atoms with E-state index in [9.17, 15) is 16.8 Å². The van der Waals surface area contributed by atoms with E-state index < -0.39 is 26.1 Å². The standard InChI is InChI=1S/C21H20ClN3O5S2/c1-2-31(26,27)24-17-10-8-15(9-11-17)19-14-20(21-7-4-12-30-21)25(23-19)32(28,29)18-6-3-5-16(22)13-18/h3-13,20,24H,2,14H2,1H3. The average Bonchev–Trinajstić information content (AvgIpc) is 3.44. The zero-order valence-corrected chi connectivity index (χ0v) is 19.4. The molecule has 1 N–H and O–H groups in total. The molecule has 1 atom stereocenters. The average molecular weight is 494 g/mol. The fraction of sp³-hybridized carbons (Fsp3) is 0.190. The molecule has 1 aromatic heterocycles. The second-order valence-electron chi connectivity index (χ2n) is 7.10.